The molecule has 2 N–H and O–H groups in total. The maximum atomic E-state index is 9.97. The first kappa shape index (κ1) is 6.03. The molecule has 0 fully saturated rings. The molecule has 1 aromatic heterocycles. The van der Waals surface area contributed by atoms with Crippen LogP contribution in [0, 0.1) is 10.1 Å². The highest BCUT2D eigenvalue weighted by molar-refractivity contribution is 7.13. The first-order valence-electron chi connectivity index (χ1n) is 2.18. The molecule has 9 heavy (non-hydrogen) atoms. The molecule has 0 bridgehead atoms. The number of thiophene rings is 1. The van der Waals surface area contributed by atoms with Gasteiger partial charge >= 0.3 is 5.00 Å². The molecule has 5 heteroatoms. The number of nitrogen functional groups attached to an aromatic ring is 1. The van der Waals surface area contributed by atoms with Crippen molar-refractivity contribution in [2.75, 3.05) is 5.73 Å². The molecule has 0 amide bonds. The Morgan fingerprint density at radius 2 is 2.44 bits per heavy atom. The Labute approximate surface area is 55.1 Å². The summed E-state index contributed by atoms with van der Waals surface area (Å²) in [6.07, 6.45) is 0. The summed E-state index contributed by atoms with van der Waals surface area (Å²) in [6, 6.07) is 1.34. The van der Waals surface area contributed by atoms with E-state index in [0.29, 0.717) is 5.69 Å². The number of hydrogen-bond donors (Lipinski definition) is 1. The van der Waals surface area contributed by atoms with Gasteiger partial charge in [-0.2, -0.15) is 0 Å². The topological polar surface area (TPSA) is 69.2 Å². The largest absolute Gasteiger partial charge is 0.398 e. The molecule has 1 rings (SSSR count). The van der Waals surface area contributed by atoms with Crippen LogP contribution < -0.4 is 5.73 Å². The lowest BCUT2D eigenvalue weighted by molar-refractivity contribution is -0.380. The number of anilines is 1. The molecule has 0 saturated carbocycles. The van der Waals surface area contributed by atoms with Crippen molar-refractivity contribution in [2.24, 2.45) is 0 Å². The molecule has 0 unspecified atom stereocenters. The Hall–Kier alpha value is -1.10. The van der Waals surface area contributed by atoms with Crippen molar-refractivity contribution < 1.29 is 4.92 Å². The summed E-state index contributed by atoms with van der Waals surface area (Å²) in [5, 5.41) is 11.6. The molecule has 0 aliphatic carbocycles. The van der Waals surface area contributed by atoms with E-state index in [1.54, 1.807) is 0 Å². The van der Waals surface area contributed by atoms with Crippen LogP contribution in [-0.2, 0) is 0 Å². The first-order chi connectivity index (χ1) is 4.20. The Morgan fingerprint density at radius 3 is 2.67 bits per heavy atom. The summed E-state index contributed by atoms with van der Waals surface area (Å²) in [5.74, 6) is 0. The predicted octanol–water partition coefficient (Wildman–Crippen LogP) is 1.24. The molecule has 0 aliphatic heterocycles. The SMILES string of the molecule is Nc1csc([N+](=O)[O-])c1. The van der Waals surface area contributed by atoms with E-state index in [1.807, 2.05) is 0 Å². The van der Waals surface area contributed by atoms with Gasteiger partial charge in [-0.25, -0.2) is 0 Å². The molecular formula is C4H4N2O2S. The van der Waals surface area contributed by atoms with Crippen LogP contribution in [0.1, 0.15) is 0 Å². The van der Waals surface area contributed by atoms with Crippen LogP contribution in [0.4, 0.5) is 10.7 Å². The zero-order valence-corrected chi connectivity index (χ0v) is 5.22. The van der Waals surface area contributed by atoms with E-state index in [4.69, 9.17) is 5.73 Å². The lowest BCUT2D eigenvalue weighted by Gasteiger charge is -1.77. The van der Waals surface area contributed by atoms with E-state index in [-0.39, 0.29) is 5.00 Å². The van der Waals surface area contributed by atoms with Gasteiger partial charge in [0.25, 0.3) is 0 Å². The fraction of sp³-hybridized carbons (Fsp3) is 0. The summed E-state index contributed by atoms with van der Waals surface area (Å²) >= 11 is 1.03. The van der Waals surface area contributed by atoms with E-state index in [9.17, 15) is 10.1 Å². The van der Waals surface area contributed by atoms with Crippen LogP contribution in [0.25, 0.3) is 0 Å². The van der Waals surface area contributed by atoms with Crippen molar-refractivity contribution in [3.05, 3.63) is 21.6 Å². The lowest BCUT2D eigenvalue weighted by atomic mass is 10.5. The normalized spacial score (nSPS) is 9.33. The standard InChI is InChI=1S/C4H4N2O2S/c5-3-1-4(6(7)8)9-2-3/h1-2H,5H2. The first-order valence-corrected chi connectivity index (χ1v) is 3.06. The monoisotopic (exact) mass is 144 g/mol. The predicted molar refractivity (Wildman–Crippen MR) is 35.4 cm³/mol. The highest BCUT2D eigenvalue weighted by atomic mass is 32.1. The molecule has 0 aliphatic rings. The fourth-order valence-corrected chi connectivity index (χ4v) is 1.05. The van der Waals surface area contributed by atoms with Crippen LogP contribution in [-0.4, -0.2) is 4.92 Å². The van der Waals surface area contributed by atoms with Crippen molar-refractivity contribution in [3.8, 4) is 0 Å². The molecule has 1 aromatic rings. The summed E-state index contributed by atoms with van der Waals surface area (Å²) in [4.78, 5) is 9.52. The minimum absolute atomic E-state index is 0.0903. The van der Waals surface area contributed by atoms with Gasteiger partial charge in [0.15, 0.2) is 0 Å². The average Bonchev–Trinajstić information content (AvgIpc) is 2.14. The zero-order chi connectivity index (χ0) is 6.85. The molecule has 4 nitrogen and oxygen atoms in total. The highest BCUT2D eigenvalue weighted by Crippen LogP contribution is 2.23. The van der Waals surface area contributed by atoms with Gasteiger partial charge in [-0.05, 0) is 0 Å². The second-order valence-electron chi connectivity index (χ2n) is 1.48. The molecule has 0 spiro atoms. The van der Waals surface area contributed by atoms with Gasteiger partial charge in [0.1, 0.15) is 0 Å². The Balaban J connectivity index is 2.98. The van der Waals surface area contributed by atoms with Crippen LogP contribution in [0.2, 0.25) is 0 Å². The summed E-state index contributed by atoms with van der Waals surface area (Å²) in [7, 11) is 0. The summed E-state index contributed by atoms with van der Waals surface area (Å²) in [5.41, 5.74) is 5.67. The number of nitro groups is 1. The van der Waals surface area contributed by atoms with Crippen LogP contribution in [0.5, 0.6) is 0 Å². The maximum Gasteiger partial charge on any atom is 0.326 e. The minimum atomic E-state index is -0.457. The van der Waals surface area contributed by atoms with Gasteiger partial charge in [-0.3, -0.25) is 10.1 Å². The maximum absolute atomic E-state index is 9.97. The number of hydrogen-bond acceptors (Lipinski definition) is 4. The van der Waals surface area contributed by atoms with E-state index >= 15 is 0 Å². The van der Waals surface area contributed by atoms with Crippen molar-refractivity contribution in [3.63, 3.8) is 0 Å². The minimum Gasteiger partial charge on any atom is -0.398 e. The van der Waals surface area contributed by atoms with Crippen LogP contribution >= 0.6 is 11.3 Å². The second kappa shape index (κ2) is 2.02. The summed E-state index contributed by atoms with van der Waals surface area (Å²) < 4.78 is 0. The van der Waals surface area contributed by atoms with Gasteiger partial charge in [-0.15, -0.1) is 0 Å². The van der Waals surface area contributed by atoms with Gasteiger partial charge in [0.05, 0.1) is 11.0 Å². The number of rotatable bonds is 1. The fourth-order valence-electron chi connectivity index (χ4n) is 0.435. The Morgan fingerprint density at radius 1 is 1.78 bits per heavy atom. The van der Waals surface area contributed by atoms with Crippen molar-refractivity contribution >= 4 is 22.0 Å². The smallest absolute Gasteiger partial charge is 0.326 e. The van der Waals surface area contributed by atoms with Crippen molar-refractivity contribution in [1.29, 1.82) is 0 Å². The third-order valence-corrected chi connectivity index (χ3v) is 1.68. The van der Waals surface area contributed by atoms with Crippen molar-refractivity contribution in [1.82, 2.24) is 0 Å². The van der Waals surface area contributed by atoms with Gasteiger partial charge in [-0.1, -0.05) is 11.3 Å². The highest BCUT2D eigenvalue weighted by Gasteiger charge is 2.06. The van der Waals surface area contributed by atoms with E-state index < -0.39 is 4.92 Å². The average molecular weight is 144 g/mol. The molecule has 0 aromatic carbocycles. The van der Waals surface area contributed by atoms with Crippen molar-refractivity contribution in [2.45, 2.75) is 0 Å². The third kappa shape index (κ3) is 1.17. The molecule has 1 heterocycles. The lowest BCUT2D eigenvalue weighted by Crippen LogP contribution is -1.82. The molecule has 0 atom stereocenters. The number of nitrogens with two attached hydrogens (primary N) is 1. The second-order valence-corrected chi connectivity index (χ2v) is 2.37. The third-order valence-electron chi connectivity index (χ3n) is 0.786. The Kier molecular flexibility index (Phi) is 1.35. The van der Waals surface area contributed by atoms with Crippen LogP contribution in [0.15, 0.2) is 11.4 Å². The quantitative estimate of drug-likeness (QED) is 0.476. The molecule has 0 radical (unpaired) electrons. The van der Waals surface area contributed by atoms with Crippen LogP contribution in [0.3, 0.4) is 0 Å². The molecule has 0 saturated heterocycles. The number of nitrogens with zero attached hydrogens (tertiary/aromatic N) is 1. The van der Waals surface area contributed by atoms with E-state index in [2.05, 4.69) is 0 Å². The van der Waals surface area contributed by atoms with Gasteiger partial charge in [0, 0.05) is 11.1 Å². The Bertz CT molecular complexity index is 232. The summed E-state index contributed by atoms with van der Waals surface area (Å²) in [6.45, 7) is 0. The molecule has 48 valence electrons. The molecular weight excluding hydrogens is 140 g/mol. The van der Waals surface area contributed by atoms with Gasteiger partial charge in [0.2, 0.25) is 0 Å². The van der Waals surface area contributed by atoms with E-state index in [0.717, 1.165) is 11.3 Å². The zero-order valence-electron chi connectivity index (χ0n) is 4.40. The van der Waals surface area contributed by atoms with E-state index in [1.165, 1.54) is 11.4 Å². The van der Waals surface area contributed by atoms with Gasteiger partial charge < -0.3 is 5.73 Å².